The van der Waals surface area contributed by atoms with Gasteiger partial charge in [-0.15, -0.1) is 0 Å². The molecule has 0 radical (unpaired) electrons. The van der Waals surface area contributed by atoms with Crippen LogP contribution in [0.5, 0.6) is 0 Å². The molecule has 0 spiro atoms. The number of hydrogen-bond donors (Lipinski definition) is 0. The van der Waals surface area contributed by atoms with E-state index in [-0.39, 0.29) is 35.1 Å². The summed E-state index contributed by atoms with van der Waals surface area (Å²) in [4.78, 5) is 24.7. The highest BCUT2D eigenvalue weighted by molar-refractivity contribution is 5.93. The molecule has 0 unspecified atom stereocenters. The average molecular weight is 286 g/mol. The highest BCUT2D eigenvalue weighted by Gasteiger charge is 2.66. The second-order valence-electron chi connectivity index (χ2n) is 7.13. The first-order valence-corrected chi connectivity index (χ1v) is 7.64. The minimum atomic E-state index is -0.339. The number of rotatable bonds is 3. The predicted octanol–water partition coefficient (Wildman–Crippen LogP) is 3.48. The topological polar surface area (TPSA) is 43.4 Å². The smallest absolute Gasteiger partial charge is 0.338 e. The molecule has 0 saturated heterocycles. The number of benzene rings is 1. The van der Waals surface area contributed by atoms with Crippen molar-refractivity contribution in [3.05, 3.63) is 35.9 Å². The summed E-state index contributed by atoms with van der Waals surface area (Å²) in [6.07, 6.45) is 2.02. The first-order valence-electron chi connectivity index (χ1n) is 7.64. The van der Waals surface area contributed by atoms with E-state index in [1.807, 2.05) is 18.2 Å². The molecule has 0 amide bonds. The molecule has 2 bridgehead atoms. The van der Waals surface area contributed by atoms with Crippen LogP contribution in [-0.2, 0) is 9.53 Å². The van der Waals surface area contributed by atoms with Gasteiger partial charge in [0.1, 0.15) is 12.4 Å². The third kappa shape index (κ3) is 1.94. The fourth-order valence-corrected chi connectivity index (χ4v) is 4.29. The van der Waals surface area contributed by atoms with Crippen LogP contribution in [0, 0.1) is 22.7 Å². The highest BCUT2D eigenvalue weighted by Crippen LogP contribution is 2.65. The number of carbonyl (C=O) groups is 2. The molecule has 2 aliphatic carbocycles. The summed E-state index contributed by atoms with van der Waals surface area (Å²) >= 11 is 0. The molecule has 0 N–H and O–H groups in total. The zero-order valence-corrected chi connectivity index (χ0v) is 12.9. The number of ether oxygens (including phenoxy) is 1. The zero-order chi connectivity index (χ0) is 15.3. The fourth-order valence-electron chi connectivity index (χ4n) is 4.29. The Morgan fingerprint density at radius 2 is 1.90 bits per heavy atom. The van der Waals surface area contributed by atoms with Crippen molar-refractivity contribution in [2.45, 2.75) is 33.6 Å². The van der Waals surface area contributed by atoms with E-state index in [2.05, 4.69) is 20.8 Å². The van der Waals surface area contributed by atoms with Gasteiger partial charge in [0, 0.05) is 5.41 Å². The van der Waals surface area contributed by atoms with Gasteiger partial charge in [-0.1, -0.05) is 39.0 Å². The van der Waals surface area contributed by atoms with Crippen molar-refractivity contribution in [2.75, 3.05) is 6.61 Å². The van der Waals surface area contributed by atoms with Crippen molar-refractivity contribution in [3.63, 3.8) is 0 Å². The van der Waals surface area contributed by atoms with Gasteiger partial charge in [-0.05, 0) is 36.3 Å². The van der Waals surface area contributed by atoms with E-state index >= 15 is 0 Å². The standard InChI is InChI=1S/C18H22O3/c1-17(2)14-9-10-18(17,3)15(19)13(14)11-21-16(20)12-7-5-4-6-8-12/h4-8,13-14H,9-11H2,1-3H3/t13-,14+,18+/m1/s1. The number of hydrogen-bond acceptors (Lipinski definition) is 3. The van der Waals surface area contributed by atoms with Gasteiger partial charge in [-0.25, -0.2) is 4.79 Å². The third-order valence-corrected chi connectivity index (χ3v) is 6.07. The third-order valence-electron chi connectivity index (χ3n) is 6.07. The van der Waals surface area contributed by atoms with Gasteiger partial charge in [-0.3, -0.25) is 4.79 Å². The molecule has 0 aromatic heterocycles. The Balaban J connectivity index is 1.70. The Morgan fingerprint density at radius 1 is 1.24 bits per heavy atom. The monoisotopic (exact) mass is 286 g/mol. The number of carbonyl (C=O) groups excluding carboxylic acids is 2. The van der Waals surface area contributed by atoms with E-state index in [0.29, 0.717) is 11.5 Å². The largest absolute Gasteiger partial charge is 0.461 e. The molecule has 2 aliphatic rings. The van der Waals surface area contributed by atoms with Gasteiger partial charge >= 0.3 is 5.97 Å². The molecule has 1 aromatic carbocycles. The van der Waals surface area contributed by atoms with Crippen LogP contribution >= 0.6 is 0 Å². The zero-order valence-electron chi connectivity index (χ0n) is 12.9. The average Bonchev–Trinajstić information content (AvgIpc) is 2.78. The van der Waals surface area contributed by atoms with Crippen molar-refractivity contribution in [3.8, 4) is 0 Å². The predicted molar refractivity (Wildman–Crippen MR) is 79.8 cm³/mol. The molecule has 21 heavy (non-hydrogen) atoms. The number of ketones is 1. The Labute approximate surface area is 125 Å². The maximum atomic E-state index is 12.7. The van der Waals surface area contributed by atoms with Crippen molar-refractivity contribution in [1.82, 2.24) is 0 Å². The lowest BCUT2D eigenvalue weighted by atomic mass is 9.70. The molecule has 3 nitrogen and oxygen atoms in total. The summed E-state index contributed by atoms with van der Waals surface area (Å²) in [6, 6.07) is 8.94. The van der Waals surface area contributed by atoms with E-state index in [9.17, 15) is 9.59 Å². The van der Waals surface area contributed by atoms with Crippen molar-refractivity contribution in [1.29, 1.82) is 0 Å². The lowest BCUT2D eigenvalue weighted by Crippen LogP contribution is -2.34. The van der Waals surface area contributed by atoms with Gasteiger partial charge in [0.15, 0.2) is 0 Å². The lowest BCUT2D eigenvalue weighted by Gasteiger charge is -2.32. The Kier molecular flexibility index (Phi) is 3.19. The van der Waals surface area contributed by atoms with Crippen LogP contribution < -0.4 is 0 Å². The van der Waals surface area contributed by atoms with Crippen LogP contribution in [0.15, 0.2) is 30.3 Å². The molecule has 2 fully saturated rings. The van der Waals surface area contributed by atoms with Crippen molar-refractivity contribution in [2.24, 2.45) is 22.7 Å². The lowest BCUT2D eigenvalue weighted by molar-refractivity contribution is -0.132. The Bertz CT molecular complexity index is 575. The summed E-state index contributed by atoms with van der Waals surface area (Å²) in [5.41, 5.74) is 0.300. The number of esters is 1. The van der Waals surface area contributed by atoms with Gasteiger partial charge < -0.3 is 4.74 Å². The van der Waals surface area contributed by atoms with Crippen LogP contribution in [0.1, 0.15) is 44.0 Å². The molecule has 3 atom stereocenters. The quantitative estimate of drug-likeness (QED) is 0.799. The Hall–Kier alpha value is -1.64. The van der Waals surface area contributed by atoms with Crippen molar-refractivity contribution >= 4 is 11.8 Å². The molecular weight excluding hydrogens is 264 g/mol. The van der Waals surface area contributed by atoms with E-state index < -0.39 is 0 Å². The normalized spacial score (nSPS) is 33.2. The molecular formula is C18H22O3. The van der Waals surface area contributed by atoms with Gasteiger partial charge in [0.2, 0.25) is 0 Å². The number of Topliss-reactive ketones (excluding diaryl/α,β-unsaturated/α-hetero) is 1. The molecule has 3 rings (SSSR count). The summed E-state index contributed by atoms with van der Waals surface area (Å²) in [7, 11) is 0. The fraction of sp³-hybridized carbons (Fsp3) is 0.556. The van der Waals surface area contributed by atoms with E-state index in [1.54, 1.807) is 12.1 Å². The maximum absolute atomic E-state index is 12.7. The molecule has 0 aliphatic heterocycles. The number of fused-ring (bicyclic) bond motifs is 2. The van der Waals surface area contributed by atoms with Gasteiger partial charge in [0.25, 0.3) is 0 Å². The molecule has 2 saturated carbocycles. The minimum absolute atomic E-state index is 0.00784. The van der Waals surface area contributed by atoms with Crippen LogP contribution in [0.3, 0.4) is 0 Å². The van der Waals surface area contributed by atoms with Gasteiger partial charge in [0.05, 0.1) is 11.5 Å². The Morgan fingerprint density at radius 3 is 2.48 bits per heavy atom. The minimum Gasteiger partial charge on any atom is -0.461 e. The second kappa shape index (κ2) is 4.69. The maximum Gasteiger partial charge on any atom is 0.338 e. The molecule has 1 aromatic rings. The van der Waals surface area contributed by atoms with Crippen LogP contribution in [0.4, 0.5) is 0 Å². The molecule has 0 heterocycles. The van der Waals surface area contributed by atoms with Crippen molar-refractivity contribution < 1.29 is 14.3 Å². The first kappa shape index (κ1) is 14.3. The summed E-state index contributed by atoms with van der Waals surface area (Å²) < 4.78 is 5.41. The van der Waals surface area contributed by atoms with E-state index in [4.69, 9.17) is 4.74 Å². The van der Waals surface area contributed by atoms with Gasteiger partial charge in [-0.2, -0.15) is 0 Å². The van der Waals surface area contributed by atoms with Crippen LogP contribution in [-0.4, -0.2) is 18.4 Å². The SMILES string of the molecule is CC1(C)[C@H]2CC[C@@]1(C)C(=O)[C@@H]2COC(=O)c1ccccc1. The summed E-state index contributed by atoms with van der Waals surface area (Å²) in [5, 5.41) is 0. The second-order valence-corrected chi connectivity index (χ2v) is 7.13. The highest BCUT2D eigenvalue weighted by atomic mass is 16.5. The summed E-state index contributed by atoms with van der Waals surface area (Å²) in [5.74, 6) is 0.142. The van der Waals surface area contributed by atoms with E-state index in [1.165, 1.54) is 0 Å². The molecule has 3 heteroatoms. The van der Waals surface area contributed by atoms with Crippen LogP contribution in [0.2, 0.25) is 0 Å². The van der Waals surface area contributed by atoms with Crippen LogP contribution in [0.25, 0.3) is 0 Å². The van der Waals surface area contributed by atoms with E-state index in [0.717, 1.165) is 12.8 Å². The summed E-state index contributed by atoms with van der Waals surface area (Å²) in [6.45, 7) is 6.66. The first-order chi connectivity index (χ1) is 9.88. The molecule has 112 valence electrons.